The fourth-order valence-corrected chi connectivity index (χ4v) is 2.17. The summed E-state index contributed by atoms with van der Waals surface area (Å²) >= 11 is 1.47. The Hall–Kier alpha value is -0.690. The highest BCUT2D eigenvalue weighted by atomic mass is 32.1. The van der Waals surface area contributed by atoms with Crippen LogP contribution in [-0.2, 0) is 16.0 Å². The summed E-state index contributed by atoms with van der Waals surface area (Å²) in [6.45, 7) is 5.17. The molecule has 0 spiro atoms. The molecule has 0 amide bonds. The minimum absolute atomic E-state index is 0.332. The van der Waals surface area contributed by atoms with Crippen LogP contribution in [0.1, 0.15) is 12.6 Å². The molecule has 0 aliphatic heterocycles. The average Bonchev–Trinajstić information content (AvgIpc) is 2.70. The fraction of sp³-hybridized carbons (Fsp3) is 0.727. The number of hydrogen-bond donors (Lipinski definition) is 1. The molecule has 98 valence electrons. The van der Waals surface area contributed by atoms with E-state index in [0.29, 0.717) is 24.4 Å². The van der Waals surface area contributed by atoms with E-state index in [9.17, 15) is 0 Å². The van der Waals surface area contributed by atoms with Crippen LogP contribution in [0.5, 0.6) is 0 Å². The predicted molar refractivity (Wildman–Crippen MR) is 70.2 cm³/mol. The molecular weight excluding hydrogens is 238 g/mol. The van der Waals surface area contributed by atoms with Crippen LogP contribution in [0.15, 0.2) is 5.38 Å². The molecule has 0 aliphatic carbocycles. The van der Waals surface area contributed by atoms with Crippen molar-refractivity contribution in [3.63, 3.8) is 0 Å². The molecule has 0 aliphatic rings. The molecule has 0 saturated heterocycles. The van der Waals surface area contributed by atoms with E-state index in [0.717, 1.165) is 18.8 Å². The third-order valence-electron chi connectivity index (χ3n) is 2.55. The number of nitrogens with zero attached hydrogens (tertiary/aromatic N) is 2. The van der Waals surface area contributed by atoms with Crippen LogP contribution in [0.4, 0.5) is 5.13 Å². The molecule has 1 atom stereocenters. The smallest absolute Gasteiger partial charge is 0.180 e. The van der Waals surface area contributed by atoms with Gasteiger partial charge in [0, 0.05) is 38.7 Å². The van der Waals surface area contributed by atoms with Gasteiger partial charge in [-0.15, -0.1) is 11.3 Å². The van der Waals surface area contributed by atoms with E-state index in [4.69, 9.17) is 15.2 Å². The van der Waals surface area contributed by atoms with E-state index in [1.54, 1.807) is 14.2 Å². The van der Waals surface area contributed by atoms with Gasteiger partial charge in [0.2, 0.25) is 0 Å². The Morgan fingerprint density at radius 3 is 2.76 bits per heavy atom. The summed E-state index contributed by atoms with van der Waals surface area (Å²) in [7, 11) is 3.42. The summed E-state index contributed by atoms with van der Waals surface area (Å²) in [4.78, 5) is 6.55. The van der Waals surface area contributed by atoms with Crippen molar-refractivity contribution in [2.45, 2.75) is 19.5 Å². The highest BCUT2D eigenvalue weighted by Crippen LogP contribution is 2.14. The molecule has 0 fully saturated rings. The molecule has 0 bridgehead atoms. The first-order chi connectivity index (χ1) is 8.17. The van der Waals surface area contributed by atoms with E-state index in [-0.39, 0.29) is 0 Å². The van der Waals surface area contributed by atoms with E-state index in [2.05, 4.69) is 16.8 Å². The summed E-state index contributed by atoms with van der Waals surface area (Å²) in [6.07, 6.45) is 0. The van der Waals surface area contributed by atoms with Crippen molar-refractivity contribution in [2.24, 2.45) is 0 Å². The van der Waals surface area contributed by atoms with Gasteiger partial charge in [0.1, 0.15) is 0 Å². The Morgan fingerprint density at radius 1 is 1.47 bits per heavy atom. The number of ether oxygens (including phenoxy) is 2. The van der Waals surface area contributed by atoms with Crippen LogP contribution >= 0.6 is 11.3 Å². The Morgan fingerprint density at radius 2 is 2.24 bits per heavy atom. The Labute approximate surface area is 107 Å². The lowest BCUT2D eigenvalue weighted by molar-refractivity contribution is 0.0699. The minimum atomic E-state index is 0.332. The van der Waals surface area contributed by atoms with Crippen LogP contribution in [0.2, 0.25) is 0 Å². The Balaban J connectivity index is 2.55. The second kappa shape index (κ2) is 7.60. The van der Waals surface area contributed by atoms with Gasteiger partial charge in [0.15, 0.2) is 5.13 Å². The SMILES string of the molecule is COCCN(Cc1csc(N)n1)C(C)COC. The van der Waals surface area contributed by atoms with Gasteiger partial charge < -0.3 is 15.2 Å². The largest absolute Gasteiger partial charge is 0.383 e. The summed E-state index contributed by atoms with van der Waals surface area (Å²) in [6, 6.07) is 0.332. The van der Waals surface area contributed by atoms with Crippen LogP contribution in [-0.4, -0.2) is 49.9 Å². The fourth-order valence-electron chi connectivity index (χ4n) is 1.61. The molecule has 1 rings (SSSR count). The molecule has 6 heteroatoms. The number of rotatable bonds is 8. The zero-order valence-corrected chi connectivity index (χ0v) is 11.5. The lowest BCUT2D eigenvalue weighted by atomic mass is 10.2. The van der Waals surface area contributed by atoms with Crippen LogP contribution in [0.25, 0.3) is 0 Å². The van der Waals surface area contributed by atoms with Gasteiger partial charge in [-0.1, -0.05) is 0 Å². The third-order valence-corrected chi connectivity index (χ3v) is 3.27. The Kier molecular flexibility index (Phi) is 6.43. The van der Waals surface area contributed by atoms with Gasteiger partial charge in [0.25, 0.3) is 0 Å². The maximum absolute atomic E-state index is 5.63. The zero-order chi connectivity index (χ0) is 12.7. The quantitative estimate of drug-likeness (QED) is 0.760. The lowest BCUT2D eigenvalue weighted by Crippen LogP contribution is -2.38. The molecule has 1 aromatic rings. The number of nitrogens with two attached hydrogens (primary N) is 1. The summed E-state index contributed by atoms with van der Waals surface area (Å²) in [5, 5.41) is 2.61. The van der Waals surface area contributed by atoms with Crippen molar-refractivity contribution in [1.29, 1.82) is 0 Å². The van der Waals surface area contributed by atoms with Gasteiger partial charge in [-0.25, -0.2) is 4.98 Å². The van der Waals surface area contributed by atoms with E-state index in [1.807, 2.05) is 5.38 Å². The second-order valence-electron chi connectivity index (χ2n) is 3.94. The van der Waals surface area contributed by atoms with Crippen molar-refractivity contribution in [2.75, 3.05) is 39.7 Å². The maximum atomic E-state index is 5.63. The first-order valence-corrected chi connectivity index (χ1v) is 6.47. The normalized spacial score (nSPS) is 13.2. The molecule has 5 nitrogen and oxygen atoms in total. The molecule has 1 heterocycles. The zero-order valence-electron chi connectivity index (χ0n) is 10.7. The number of hydrogen-bond acceptors (Lipinski definition) is 6. The van der Waals surface area contributed by atoms with Crippen molar-refractivity contribution in [1.82, 2.24) is 9.88 Å². The lowest BCUT2D eigenvalue weighted by Gasteiger charge is -2.27. The molecule has 0 aromatic carbocycles. The molecule has 1 unspecified atom stereocenters. The number of methoxy groups -OCH3 is 2. The summed E-state index contributed by atoms with van der Waals surface area (Å²) in [5.74, 6) is 0. The second-order valence-corrected chi connectivity index (χ2v) is 4.83. The molecule has 0 saturated carbocycles. The number of aromatic nitrogens is 1. The van der Waals surface area contributed by atoms with Gasteiger partial charge in [-0.3, -0.25) is 4.90 Å². The van der Waals surface area contributed by atoms with Crippen molar-refractivity contribution < 1.29 is 9.47 Å². The van der Waals surface area contributed by atoms with Crippen LogP contribution in [0.3, 0.4) is 0 Å². The van der Waals surface area contributed by atoms with Crippen molar-refractivity contribution >= 4 is 16.5 Å². The van der Waals surface area contributed by atoms with E-state index >= 15 is 0 Å². The highest BCUT2D eigenvalue weighted by molar-refractivity contribution is 7.13. The van der Waals surface area contributed by atoms with Gasteiger partial charge >= 0.3 is 0 Å². The Bertz CT molecular complexity index is 319. The van der Waals surface area contributed by atoms with E-state index in [1.165, 1.54) is 11.3 Å². The predicted octanol–water partition coefficient (Wildman–Crippen LogP) is 1.21. The van der Waals surface area contributed by atoms with Gasteiger partial charge in [0.05, 0.1) is 18.9 Å². The number of anilines is 1. The first-order valence-electron chi connectivity index (χ1n) is 5.59. The molecule has 17 heavy (non-hydrogen) atoms. The van der Waals surface area contributed by atoms with Gasteiger partial charge in [-0.05, 0) is 6.92 Å². The van der Waals surface area contributed by atoms with Crippen LogP contribution in [0, 0.1) is 0 Å². The average molecular weight is 259 g/mol. The number of nitrogen functional groups attached to an aromatic ring is 1. The first kappa shape index (κ1) is 14.4. The van der Waals surface area contributed by atoms with Crippen molar-refractivity contribution in [3.8, 4) is 0 Å². The van der Waals surface area contributed by atoms with E-state index < -0.39 is 0 Å². The monoisotopic (exact) mass is 259 g/mol. The third kappa shape index (κ3) is 4.99. The highest BCUT2D eigenvalue weighted by Gasteiger charge is 2.15. The number of thiazole rings is 1. The molecule has 2 N–H and O–H groups in total. The molecule has 1 aromatic heterocycles. The molecular formula is C11H21N3O2S. The van der Waals surface area contributed by atoms with Crippen molar-refractivity contribution in [3.05, 3.63) is 11.1 Å². The summed E-state index contributed by atoms with van der Waals surface area (Å²) < 4.78 is 10.3. The topological polar surface area (TPSA) is 60.6 Å². The summed E-state index contributed by atoms with van der Waals surface area (Å²) in [5.41, 5.74) is 6.63. The standard InChI is InChI=1S/C11H21N3O2S/c1-9(7-16-3)14(4-5-15-2)6-10-8-17-11(12)13-10/h8-9H,4-7H2,1-3H3,(H2,12,13). The maximum Gasteiger partial charge on any atom is 0.180 e. The van der Waals surface area contributed by atoms with Gasteiger partial charge in [-0.2, -0.15) is 0 Å². The minimum Gasteiger partial charge on any atom is -0.383 e. The molecule has 0 radical (unpaired) electrons. The van der Waals surface area contributed by atoms with Crippen LogP contribution < -0.4 is 5.73 Å².